The van der Waals surface area contributed by atoms with Crippen LogP contribution in [0.25, 0.3) is 11.1 Å². The summed E-state index contributed by atoms with van der Waals surface area (Å²) in [6.07, 6.45) is 5.63. The summed E-state index contributed by atoms with van der Waals surface area (Å²) in [6, 6.07) is 3.34. The number of benzene rings is 1. The van der Waals surface area contributed by atoms with Crippen LogP contribution in [0.5, 0.6) is 5.75 Å². The molecule has 1 aliphatic carbocycles. The molecule has 2 fully saturated rings. The van der Waals surface area contributed by atoms with Gasteiger partial charge in [-0.15, -0.1) is 0 Å². The summed E-state index contributed by atoms with van der Waals surface area (Å²) in [5.74, 6) is -1.00. The lowest BCUT2D eigenvalue weighted by molar-refractivity contribution is -0.117. The van der Waals surface area contributed by atoms with Crippen LogP contribution in [0.1, 0.15) is 18.9 Å². The number of aromatic nitrogens is 2. The van der Waals surface area contributed by atoms with Crippen molar-refractivity contribution >= 4 is 33.4 Å². The number of phenols is 1. The normalized spacial score (nSPS) is 19.5. The zero-order valence-electron chi connectivity index (χ0n) is 12.3. The van der Waals surface area contributed by atoms with Gasteiger partial charge in [0.05, 0.1) is 17.3 Å². The third-order valence-corrected chi connectivity index (χ3v) is 5.76. The zero-order valence-corrected chi connectivity index (χ0v) is 13.9. The van der Waals surface area contributed by atoms with Crippen LogP contribution in [-0.2, 0) is 15.0 Å². The maximum absolute atomic E-state index is 12.0. The predicted octanol–water partition coefficient (Wildman–Crippen LogP) is 1.42. The Hall–Kier alpha value is -2.26. The lowest BCUT2D eigenvalue weighted by atomic mass is 10.1. The van der Waals surface area contributed by atoms with Crippen LogP contribution in [-0.4, -0.2) is 35.8 Å². The van der Waals surface area contributed by atoms with E-state index in [-0.39, 0.29) is 16.5 Å². The van der Waals surface area contributed by atoms with Crippen molar-refractivity contribution in [2.24, 2.45) is 0 Å². The van der Waals surface area contributed by atoms with E-state index in [0.29, 0.717) is 17.2 Å². The molecule has 1 amide bonds. The molecule has 2 aliphatic rings. The number of halogens is 1. The molecule has 1 saturated carbocycles. The fourth-order valence-electron chi connectivity index (χ4n) is 2.68. The summed E-state index contributed by atoms with van der Waals surface area (Å²) < 4.78 is 28.5. The Morgan fingerprint density at radius 1 is 1.33 bits per heavy atom. The molecular weight excluding hydrogens is 356 g/mol. The van der Waals surface area contributed by atoms with Crippen molar-refractivity contribution in [2.75, 3.05) is 10.8 Å². The van der Waals surface area contributed by atoms with E-state index >= 15 is 0 Å². The van der Waals surface area contributed by atoms with Crippen LogP contribution in [0.15, 0.2) is 24.5 Å². The number of phenolic OH excluding ortho intramolecular Hbond substituents is 1. The van der Waals surface area contributed by atoms with Gasteiger partial charge < -0.3 is 5.11 Å². The van der Waals surface area contributed by atoms with Crippen molar-refractivity contribution in [1.29, 1.82) is 0 Å². The first-order valence-electron chi connectivity index (χ1n) is 7.26. The summed E-state index contributed by atoms with van der Waals surface area (Å²) in [4.78, 5) is 11.4. The molecule has 1 aromatic heterocycles. The SMILES string of the molecule is O=C1CN(c2c(O)ccc(-c3cnn(C4CC4)c3)c2Cl)S(=O)(=O)N1. The fourth-order valence-corrected chi connectivity index (χ4v) is 4.27. The highest BCUT2D eigenvalue weighted by Gasteiger charge is 2.37. The maximum Gasteiger partial charge on any atom is 0.326 e. The van der Waals surface area contributed by atoms with E-state index in [4.69, 9.17) is 11.6 Å². The van der Waals surface area contributed by atoms with Gasteiger partial charge in [0.15, 0.2) is 0 Å². The number of carbonyl (C=O) groups is 1. The molecule has 1 aromatic carbocycles. The fraction of sp³-hybridized carbons (Fsp3) is 0.286. The van der Waals surface area contributed by atoms with Crippen LogP contribution in [0, 0.1) is 0 Å². The molecule has 2 heterocycles. The van der Waals surface area contributed by atoms with Crippen molar-refractivity contribution in [2.45, 2.75) is 18.9 Å². The van der Waals surface area contributed by atoms with E-state index in [9.17, 15) is 18.3 Å². The maximum atomic E-state index is 12.0. The molecule has 0 bridgehead atoms. The molecule has 10 heteroatoms. The minimum atomic E-state index is -4.06. The number of anilines is 1. The summed E-state index contributed by atoms with van der Waals surface area (Å²) in [5, 5.41) is 14.4. The Labute approximate surface area is 142 Å². The molecule has 8 nitrogen and oxygen atoms in total. The van der Waals surface area contributed by atoms with Crippen molar-refractivity contribution in [1.82, 2.24) is 14.5 Å². The number of aromatic hydroxyl groups is 1. The van der Waals surface area contributed by atoms with E-state index < -0.39 is 22.7 Å². The molecule has 0 spiro atoms. The quantitative estimate of drug-likeness (QED) is 0.852. The predicted molar refractivity (Wildman–Crippen MR) is 87.0 cm³/mol. The van der Waals surface area contributed by atoms with E-state index in [1.54, 1.807) is 12.3 Å². The van der Waals surface area contributed by atoms with Gasteiger partial charge in [0, 0.05) is 17.3 Å². The molecule has 2 aromatic rings. The largest absolute Gasteiger partial charge is 0.506 e. The highest BCUT2D eigenvalue weighted by molar-refractivity contribution is 7.92. The Balaban J connectivity index is 1.82. The molecule has 2 N–H and O–H groups in total. The van der Waals surface area contributed by atoms with Crippen LogP contribution in [0.2, 0.25) is 5.02 Å². The number of rotatable bonds is 3. The third kappa shape index (κ3) is 2.40. The van der Waals surface area contributed by atoms with Crippen molar-refractivity contribution in [3.05, 3.63) is 29.5 Å². The third-order valence-electron chi connectivity index (χ3n) is 4.00. The molecular formula is C14H13ClN4O4S. The number of nitrogens with one attached hydrogen (secondary N) is 1. The lowest BCUT2D eigenvalue weighted by Crippen LogP contribution is -2.29. The second kappa shape index (κ2) is 5.12. The van der Waals surface area contributed by atoms with Gasteiger partial charge in [-0.3, -0.25) is 9.48 Å². The first kappa shape index (κ1) is 15.3. The minimum absolute atomic E-state index is 0.0467. The standard InChI is InChI=1S/C14H13ClN4O4S/c15-13-10(8-5-16-18(6-8)9-1-2-9)3-4-11(20)14(13)19-7-12(21)17-24(19,22)23/h3-6,9,20H,1-2,7H2,(H,17,21). The van der Waals surface area contributed by atoms with Crippen molar-refractivity contribution in [3.8, 4) is 16.9 Å². The first-order valence-corrected chi connectivity index (χ1v) is 9.08. The van der Waals surface area contributed by atoms with E-state index in [2.05, 4.69) is 5.10 Å². The van der Waals surface area contributed by atoms with Crippen LogP contribution >= 0.6 is 11.6 Å². The van der Waals surface area contributed by atoms with Gasteiger partial charge in [0.2, 0.25) is 0 Å². The summed E-state index contributed by atoms with van der Waals surface area (Å²) >= 11 is 6.37. The molecule has 1 aliphatic heterocycles. The van der Waals surface area contributed by atoms with Gasteiger partial charge in [0.1, 0.15) is 18.0 Å². The van der Waals surface area contributed by atoms with Crippen molar-refractivity contribution in [3.63, 3.8) is 0 Å². The highest BCUT2D eigenvalue weighted by atomic mass is 35.5. The number of carbonyl (C=O) groups excluding carboxylic acids is 1. The molecule has 0 atom stereocenters. The van der Waals surface area contributed by atoms with Crippen LogP contribution < -0.4 is 9.03 Å². The Morgan fingerprint density at radius 3 is 2.71 bits per heavy atom. The van der Waals surface area contributed by atoms with Crippen LogP contribution in [0.3, 0.4) is 0 Å². The van der Waals surface area contributed by atoms with E-state index in [0.717, 1.165) is 17.1 Å². The van der Waals surface area contributed by atoms with Crippen LogP contribution in [0.4, 0.5) is 5.69 Å². The Kier molecular flexibility index (Phi) is 3.26. The van der Waals surface area contributed by atoms with E-state index in [1.807, 2.05) is 15.6 Å². The van der Waals surface area contributed by atoms with Gasteiger partial charge >= 0.3 is 10.2 Å². The second-order valence-electron chi connectivity index (χ2n) is 5.77. The molecule has 24 heavy (non-hydrogen) atoms. The van der Waals surface area contributed by atoms with Gasteiger partial charge in [-0.05, 0) is 25.0 Å². The molecule has 1 saturated heterocycles. The summed E-state index contributed by atoms with van der Waals surface area (Å²) in [6.45, 7) is -0.430. The van der Waals surface area contributed by atoms with Gasteiger partial charge in [0.25, 0.3) is 5.91 Å². The first-order chi connectivity index (χ1) is 11.4. The molecule has 4 rings (SSSR count). The number of hydrogen-bond donors (Lipinski definition) is 2. The molecule has 0 radical (unpaired) electrons. The summed E-state index contributed by atoms with van der Waals surface area (Å²) in [7, 11) is -4.06. The molecule has 126 valence electrons. The minimum Gasteiger partial charge on any atom is -0.506 e. The van der Waals surface area contributed by atoms with E-state index in [1.165, 1.54) is 6.07 Å². The highest BCUT2D eigenvalue weighted by Crippen LogP contribution is 2.44. The van der Waals surface area contributed by atoms with Crippen molar-refractivity contribution < 1.29 is 18.3 Å². The smallest absolute Gasteiger partial charge is 0.326 e. The zero-order chi connectivity index (χ0) is 17.1. The topological polar surface area (TPSA) is 105 Å². The lowest BCUT2D eigenvalue weighted by Gasteiger charge is -2.19. The second-order valence-corrected chi connectivity index (χ2v) is 7.74. The average Bonchev–Trinajstić information content (AvgIpc) is 3.17. The van der Waals surface area contributed by atoms with Gasteiger partial charge in [-0.25, -0.2) is 9.03 Å². The number of amides is 1. The summed E-state index contributed by atoms with van der Waals surface area (Å²) in [5.41, 5.74) is 1.13. The molecule has 0 unspecified atom stereocenters. The average molecular weight is 369 g/mol. The van der Waals surface area contributed by atoms with Gasteiger partial charge in [-0.1, -0.05) is 11.6 Å². The monoisotopic (exact) mass is 368 g/mol. The Bertz CT molecular complexity index is 952. The number of hydrogen-bond acceptors (Lipinski definition) is 5. The number of nitrogens with zero attached hydrogens (tertiary/aromatic N) is 3. The Morgan fingerprint density at radius 2 is 2.08 bits per heavy atom. The van der Waals surface area contributed by atoms with Gasteiger partial charge in [-0.2, -0.15) is 13.5 Å².